The Morgan fingerprint density at radius 3 is 2.00 bits per heavy atom. The van der Waals surface area contributed by atoms with Crippen molar-refractivity contribution in [1.82, 2.24) is 4.90 Å². The van der Waals surface area contributed by atoms with Crippen LogP contribution in [0.4, 0.5) is 0 Å². The first-order valence-electron chi connectivity index (χ1n) is 4.36. The molecule has 0 aliphatic rings. The monoisotopic (exact) mass is 183 g/mol. The Kier molecular flexibility index (Phi) is 6.92. The molecule has 0 amide bonds. The predicted molar refractivity (Wildman–Crippen MR) is 53.7 cm³/mol. The lowest BCUT2D eigenvalue weighted by molar-refractivity contribution is -0.138. The molecule has 0 aromatic heterocycles. The molecule has 0 aliphatic heterocycles. The van der Waals surface area contributed by atoms with Gasteiger partial charge in [-0.05, 0) is 12.8 Å². The summed E-state index contributed by atoms with van der Waals surface area (Å²) in [4.78, 5) is 12.3. The number of hydrogen-bond acceptors (Lipinski definition) is 2. The van der Waals surface area contributed by atoms with E-state index < -0.39 is 5.97 Å². The second-order valence-corrected chi connectivity index (χ2v) is 2.82. The molecule has 3 heteroatoms. The van der Waals surface area contributed by atoms with Gasteiger partial charge in [-0.25, -0.2) is 0 Å². The summed E-state index contributed by atoms with van der Waals surface area (Å²) in [5, 5.41) is 8.59. The van der Waals surface area contributed by atoms with Crippen LogP contribution in [0.3, 0.4) is 0 Å². The molecule has 0 heterocycles. The van der Waals surface area contributed by atoms with Crippen molar-refractivity contribution >= 4 is 5.97 Å². The highest BCUT2D eigenvalue weighted by Crippen LogP contribution is 1.95. The van der Waals surface area contributed by atoms with Crippen LogP contribution in [0, 0.1) is 0 Å². The number of hydrogen-bond donors (Lipinski definition) is 1. The molecule has 0 radical (unpaired) electrons. The van der Waals surface area contributed by atoms with Gasteiger partial charge in [0.25, 0.3) is 0 Å². The Bertz CT molecular complexity index is 166. The molecule has 0 unspecified atom stereocenters. The molecule has 0 fully saturated rings. The number of carboxylic acid groups (broad SMARTS) is 1. The number of aliphatic carboxylic acids is 1. The Morgan fingerprint density at radius 2 is 1.69 bits per heavy atom. The van der Waals surface area contributed by atoms with Crippen LogP contribution in [0.2, 0.25) is 0 Å². The third kappa shape index (κ3) is 7.28. The first-order chi connectivity index (χ1) is 6.20. The van der Waals surface area contributed by atoms with E-state index in [2.05, 4.69) is 13.2 Å². The Morgan fingerprint density at radius 1 is 1.23 bits per heavy atom. The van der Waals surface area contributed by atoms with Crippen molar-refractivity contribution in [3.05, 3.63) is 25.3 Å². The summed E-state index contributed by atoms with van der Waals surface area (Å²) in [6.45, 7) is 8.80. The van der Waals surface area contributed by atoms with Crippen LogP contribution >= 0.6 is 0 Å². The second kappa shape index (κ2) is 7.55. The van der Waals surface area contributed by atoms with Crippen molar-refractivity contribution in [2.24, 2.45) is 0 Å². The topological polar surface area (TPSA) is 40.5 Å². The van der Waals surface area contributed by atoms with Gasteiger partial charge < -0.3 is 5.11 Å². The molecule has 0 rings (SSSR count). The zero-order valence-corrected chi connectivity index (χ0v) is 7.91. The third-order valence-electron chi connectivity index (χ3n) is 1.66. The lowest BCUT2D eigenvalue weighted by atomic mass is 10.3. The fourth-order valence-electron chi connectivity index (χ4n) is 1.01. The summed E-state index contributed by atoms with van der Waals surface area (Å²) in [5.41, 5.74) is 0. The van der Waals surface area contributed by atoms with Crippen molar-refractivity contribution in [3.8, 4) is 0 Å². The van der Waals surface area contributed by atoms with Gasteiger partial charge in [0.1, 0.15) is 0 Å². The number of rotatable bonds is 8. The van der Waals surface area contributed by atoms with Gasteiger partial charge in [0.05, 0.1) is 6.54 Å². The normalized spacial score (nSPS) is 9.92. The predicted octanol–water partition coefficient (Wildman–Crippen LogP) is 1.53. The molecular weight excluding hydrogens is 166 g/mol. The minimum absolute atomic E-state index is 0.0989. The van der Waals surface area contributed by atoms with E-state index in [0.29, 0.717) is 0 Å². The van der Waals surface area contributed by atoms with Gasteiger partial charge in [-0.2, -0.15) is 0 Å². The van der Waals surface area contributed by atoms with Gasteiger partial charge in [0.2, 0.25) is 0 Å². The highest BCUT2D eigenvalue weighted by molar-refractivity contribution is 5.69. The quantitative estimate of drug-likeness (QED) is 0.580. The lowest BCUT2D eigenvalue weighted by Crippen LogP contribution is -2.31. The second-order valence-electron chi connectivity index (χ2n) is 2.82. The fourth-order valence-corrected chi connectivity index (χ4v) is 1.01. The lowest BCUT2D eigenvalue weighted by Gasteiger charge is -2.18. The number of carboxylic acids is 1. The van der Waals surface area contributed by atoms with Gasteiger partial charge in [-0.15, -0.1) is 13.2 Å². The van der Waals surface area contributed by atoms with Crippen LogP contribution in [0.25, 0.3) is 0 Å². The molecule has 13 heavy (non-hydrogen) atoms. The van der Waals surface area contributed by atoms with Gasteiger partial charge in [0.15, 0.2) is 0 Å². The molecule has 74 valence electrons. The number of carbonyl (C=O) groups is 1. The third-order valence-corrected chi connectivity index (χ3v) is 1.66. The van der Waals surface area contributed by atoms with Gasteiger partial charge in [-0.3, -0.25) is 9.69 Å². The van der Waals surface area contributed by atoms with Crippen LogP contribution < -0.4 is 0 Å². The Hall–Kier alpha value is -1.09. The van der Waals surface area contributed by atoms with E-state index in [9.17, 15) is 4.79 Å². The molecule has 1 N–H and O–H groups in total. The highest BCUT2D eigenvalue weighted by atomic mass is 16.4. The molecule has 0 saturated carbocycles. The SMILES string of the molecule is C=CCCN(CCC=C)CC(=O)O. The maximum absolute atomic E-state index is 10.4. The minimum Gasteiger partial charge on any atom is -0.480 e. The zero-order valence-electron chi connectivity index (χ0n) is 7.91. The maximum Gasteiger partial charge on any atom is 0.317 e. The van der Waals surface area contributed by atoms with Gasteiger partial charge in [0, 0.05) is 13.1 Å². The molecule has 0 spiro atoms. The molecule has 0 saturated heterocycles. The Labute approximate surface area is 79.4 Å². The van der Waals surface area contributed by atoms with Gasteiger partial charge in [-0.1, -0.05) is 12.2 Å². The van der Waals surface area contributed by atoms with E-state index in [4.69, 9.17) is 5.11 Å². The zero-order chi connectivity index (χ0) is 10.1. The summed E-state index contributed by atoms with van der Waals surface area (Å²) in [6.07, 6.45) is 5.24. The van der Waals surface area contributed by atoms with Crippen molar-refractivity contribution in [1.29, 1.82) is 0 Å². The summed E-state index contributed by atoms with van der Waals surface area (Å²) < 4.78 is 0. The molecular formula is C10H17NO2. The van der Waals surface area contributed by atoms with Gasteiger partial charge >= 0.3 is 5.97 Å². The summed E-state index contributed by atoms with van der Waals surface area (Å²) in [6, 6.07) is 0. The first kappa shape index (κ1) is 11.9. The van der Waals surface area contributed by atoms with E-state index in [1.165, 1.54) is 0 Å². The van der Waals surface area contributed by atoms with E-state index >= 15 is 0 Å². The standard InChI is InChI=1S/C10H17NO2/c1-3-5-7-11(8-6-4-2)9-10(12)13/h3-4H,1-2,5-9H2,(H,12,13). The largest absolute Gasteiger partial charge is 0.480 e. The Balaban J connectivity index is 3.78. The number of nitrogens with zero attached hydrogens (tertiary/aromatic N) is 1. The summed E-state index contributed by atoms with van der Waals surface area (Å²) >= 11 is 0. The van der Waals surface area contributed by atoms with Crippen LogP contribution in [0.5, 0.6) is 0 Å². The van der Waals surface area contributed by atoms with E-state index in [0.717, 1.165) is 25.9 Å². The van der Waals surface area contributed by atoms with E-state index in [-0.39, 0.29) is 6.54 Å². The minimum atomic E-state index is -0.784. The molecule has 0 bridgehead atoms. The molecule has 0 aromatic carbocycles. The van der Waals surface area contributed by atoms with Crippen LogP contribution in [-0.2, 0) is 4.79 Å². The molecule has 0 atom stereocenters. The van der Waals surface area contributed by atoms with Crippen molar-refractivity contribution in [2.45, 2.75) is 12.8 Å². The summed E-state index contributed by atoms with van der Waals surface area (Å²) in [7, 11) is 0. The average molecular weight is 183 g/mol. The molecule has 0 aromatic rings. The molecule has 3 nitrogen and oxygen atoms in total. The molecule has 0 aliphatic carbocycles. The highest BCUT2D eigenvalue weighted by Gasteiger charge is 2.06. The maximum atomic E-state index is 10.4. The van der Waals surface area contributed by atoms with Crippen LogP contribution in [0.1, 0.15) is 12.8 Å². The first-order valence-corrected chi connectivity index (χ1v) is 4.36. The van der Waals surface area contributed by atoms with E-state index in [1.54, 1.807) is 12.2 Å². The fraction of sp³-hybridized carbons (Fsp3) is 0.500. The smallest absolute Gasteiger partial charge is 0.317 e. The average Bonchev–Trinajstić information content (AvgIpc) is 2.09. The van der Waals surface area contributed by atoms with Crippen LogP contribution in [-0.4, -0.2) is 35.6 Å². The van der Waals surface area contributed by atoms with E-state index in [1.807, 2.05) is 4.90 Å². The van der Waals surface area contributed by atoms with Crippen molar-refractivity contribution in [2.75, 3.05) is 19.6 Å². The van der Waals surface area contributed by atoms with Crippen molar-refractivity contribution in [3.63, 3.8) is 0 Å². The van der Waals surface area contributed by atoms with Crippen molar-refractivity contribution < 1.29 is 9.90 Å². The summed E-state index contributed by atoms with van der Waals surface area (Å²) in [5.74, 6) is -0.784. The van der Waals surface area contributed by atoms with Crippen LogP contribution in [0.15, 0.2) is 25.3 Å².